The molecule has 1 fully saturated rings. The Kier molecular flexibility index (Phi) is 3.80. The predicted octanol–water partition coefficient (Wildman–Crippen LogP) is 0.748. The van der Waals surface area contributed by atoms with E-state index in [1.165, 1.54) is 29.8 Å². The van der Waals surface area contributed by atoms with Crippen molar-refractivity contribution in [3.8, 4) is 0 Å². The fraction of sp³-hybridized carbons (Fsp3) is 0.467. The highest BCUT2D eigenvalue weighted by atomic mass is 32.2. The average Bonchev–Trinajstić information content (AvgIpc) is 3.16. The summed E-state index contributed by atoms with van der Waals surface area (Å²) >= 11 is 0. The van der Waals surface area contributed by atoms with Crippen LogP contribution in [0.15, 0.2) is 27.9 Å². The average molecular weight is 352 g/mol. The molecule has 1 aliphatic carbocycles. The van der Waals surface area contributed by atoms with E-state index < -0.39 is 27.3 Å². The lowest BCUT2D eigenvalue weighted by Crippen LogP contribution is -2.36. The number of hydrogen-bond acceptors (Lipinski definition) is 4. The highest BCUT2D eigenvalue weighted by Gasteiger charge is 2.41. The summed E-state index contributed by atoms with van der Waals surface area (Å²) in [7, 11) is -2.17. The number of benzene rings is 1. The van der Waals surface area contributed by atoms with E-state index >= 15 is 0 Å². The van der Waals surface area contributed by atoms with Gasteiger partial charge in [-0.2, -0.15) is 0 Å². The first-order valence-corrected chi connectivity index (χ1v) is 9.20. The van der Waals surface area contributed by atoms with Crippen LogP contribution >= 0.6 is 0 Å². The van der Waals surface area contributed by atoms with Gasteiger partial charge in [-0.05, 0) is 44.9 Å². The summed E-state index contributed by atoms with van der Waals surface area (Å²) in [4.78, 5) is 24.5. The van der Waals surface area contributed by atoms with Gasteiger partial charge in [0.05, 0.1) is 15.9 Å². The Hall–Kier alpha value is -2.13. The molecule has 1 aliphatic rings. The van der Waals surface area contributed by atoms with Gasteiger partial charge in [-0.1, -0.05) is 0 Å². The van der Waals surface area contributed by atoms with Crippen LogP contribution in [-0.4, -0.2) is 35.7 Å². The zero-order valence-electron chi connectivity index (χ0n) is 13.8. The van der Waals surface area contributed by atoms with E-state index in [9.17, 15) is 18.0 Å². The summed E-state index contributed by atoms with van der Waals surface area (Å²) in [6, 6.07) is 3.76. The molecule has 0 unspecified atom stereocenters. The van der Waals surface area contributed by atoms with Gasteiger partial charge in [0.1, 0.15) is 0 Å². The molecular formula is C15H20N4O4S. The number of amides is 1. The minimum Gasteiger partial charge on any atom is -0.338 e. The summed E-state index contributed by atoms with van der Waals surface area (Å²) in [6.07, 6.45) is 1.59. The van der Waals surface area contributed by atoms with Crippen LogP contribution < -0.4 is 15.7 Å². The first-order valence-electron chi connectivity index (χ1n) is 7.72. The van der Waals surface area contributed by atoms with Crippen LogP contribution in [0.5, 0.6) is 0 Å². The summed E-state index contributed by atoms with van der Waals surface area (Å²) in [5, 5.41) is 2.56. The number of rotatable bonds is 4. The normalized spacial score (nSPS) is 16.3. The highest BCUT2D eigenvalue weighted by Crippen LogP contribution is 2.36. The van der Waals surface area contributed by atoms with Gasteiger partial charge in [-0.15, -0.1) is 0 Å². The maximum atomic E-state index is 12.5. The molecule has 1 saturated carbocycles. The maximum Gasteiger partial charge on any atom is 0.337 e. The van der Waals surface area contributed by atoms with Gasteiger partial charge in [0, 0.05) is 19.1 Å². The van der Waals surface area contributed by atoms with Gasteiger partial charge in [0.25, 0.3) is 0 Å². The van der Waals surface area contributed by atoms with E-state index in [1.54, 1.807) is 6.92 Å². The zero-order valence-corrected chi connectivity index (χ0v) is 14.6. The molecule has 3 rings (SSSR count). The van der Waals surface area contributed by atoms with Crippen molar-refractivity contribution < 1.29 is 13.2 Å². The molecule has 0 bridgehead atoms. The third-order valence-electron chi connectivity index (χ3n) is 4.25. The SMILES string of the molecule is CCNC(=O)n1c(=O)n(C)c2ccc(S(=O)(=O)NC3(C)CC3)cc21. The fourth-order valence-electron chi connectivity index (χ4n) is 2.59. The first-order chi connectivity index (χ1) is 11.2. The second kappa shape index (κ2) is 5.45. The van der Waals surface area contributed by atoms with Gasteiger partial charge in [0.2, 0.25) is 10.0 Å². The Labute approximate surface area is 139 Å². The molecule has 1 amide bonds. The van der Waals surface area contributed by atoms with E-state index in [4.69, 9.17) is 0 Å². The van der Waals surface area contributed by atoms with Gasteiger partial charge < -0.3 is 5.32 Å². The molecular weight excluding hydrogens is 332 g/mol. The van der Waals surface area contributed by atoms with Crippen molar-refractivity contribution in [2.75, 3.05) is 6.54 Å². The molecule has 24 heavy (non-hydrogen) atoms. The second-order valence-electron chi connectivity index (χ2n) is 6.33. The van der Waals surface area contributed by atoms with Crippen LogP contribution in [0.4, 0.5) is 4.79 Å². The first kappa shape index (κ1) is 16.7. The minimum absolute atomic E-state index is 0.0340. The summed E-state index contributed by atoms with van der Waals surface area (Å²) in [5.41, 5.74) is -0.170. The van der Waals surface area contributed by atoms with Gasteiger partial charge >= 0.3 is 11.7 Å². The van der Waals surface area contributed by atoms with E-state index in [0.29, 0.717) is 12.1 Å². The van der Waals surface area contributed by atoms with Crippen molar-refractivity contribution in [2.24, 2.45) is 7.05 Å². The van der Waals surface area contributed by atoms with Crippen LogP contribution in [0, 0.1) is 0 Å². The number of aromatic nitrogens is 2. The van der Waals surface area contributed by atoms with Crippen molar-refractivity contribution in [3.05, 3.63) is 28.7 Å². The predicted molar refractivity (Wildman–Crippen MR) is 89.6 cm³/mol. The number of carbonyl (C=O) groups is 1. The number of nitrogens with one attached hydrogen (secondary N) is 2. The molecule has 0 radical (unpaired) electrons. The van der Waals surface area contributed by atoms with E-state index in [1.807, 2.05) is 6.92 Å². The largest absolute Gasteiger partial charge is 0.338 e. The van der Waals surface area contributed by atoms with Gasteiger partial charge in [-0.3, -0.25) is 4.57 Å². The smallest absolute Gasteiger partial charge is 0.337 e. The molecule has 1 aromatic heterocycles. The molecule has 0 spiro atoms. The molecule has 9 heteroatoms. The third kappa shape index (κ3) is 2.73. The van der Waals surface area contributed by atoms with E-state index in [2.05, 4.69) is 10.0 Å². The quantitative estimate of drug-likeness (QED) is 0.847. The van der Waals surface area contributed by atoms with E-state index in [0.717, 1.165) is 17.4 Å². The molecule has 130 valence electrons. The lowest BCUT2D eigenvalue weighted by molar-refractivity contribution is 0.243. The Morgan fingerprint density at radius 2 is 1.96 bits per heavy atom. The maximum absolute atomic E-state index is 12.5. The number of nitrogens with zero attached hydrogens (tertiary/aromatic N) is 2. The zero-order chi connectivity index (χ0) is 17.7. The summed E-state index contributed by atoms with van der Waals surface area (Å²) in [6.45, 7) is 3.94. The molecule has 1 aromatic carbocycles. The van der Waals surface area contributed by atoms with Crippen molar-refractivity contribution in [1.29, 1.82) is 0 Å². The van der Waals surface area contributed by atoms with Crippen LogP contribution in [0.1, 0.15) is 26.7 Å². The molecule has 1 heterocycles. The third-order valence-corrected chi connectivity index (χ3v) is 5.89. The van der Waals surface area contributed by atoms with Gasteiger partial charge in [0.15, 0.2) is 0 Å². The topological polar surface area (TPSA) is 102 Å². The molecule has 0 aliphatic heterocycles. The number of sulfonamides is 1. The number of hydrogen-bond donors (Lipinski definition) is 2. The lowest BCUT2D eigenvalue weighted by Gasteiger charge is -2.12. The van der Waals surface area contributed by atoms with Crippen molar-refractivity contribution >= 4 is 27.1 Å². The Morgan fingerprint density at radius 1 is 1.29 bits per heavy atom. The molecule has 8 nitrogen and oxygen atoms in total. The van der Waals surface area contributed by atoms with Crippen LogP contribution in [0.2, 0.25) is 0 Å². The number of imidazole rings is 1. The van der Waals surface area contributed by atoms with E-state index in [-0.39, 0.29) is 10.4 Å². The minimum atomic E-state index is -3.71. The van der Waals surface area contributed by atoms with Crippen LogP contribution in [-0.2, 0) is 17.1 Å². The highest BCUT2D eigenvalue weighted by molar-refractivity contribution is 7.89. The lowest BCUT2D eigenvalue weighted by atomic mass is 10.3. The molecule has 0 atom stereocenters. The fourth-order valence-corrected chi connectivity index (χ4v) is 4.07. The molecule has 2 aromatic rings. The van der Waals surface area contributed by atoms with Crippen molar-refractivity contribution in [1.82, 2.24) is 19.2 Å². The Morgan fingerprint density at radius 3 is 2.54 bits per heavy atom. The standard InChI is InChI=1S/C15H20N4O4S/c1-4-16-13(20)19-12-9-10(5-6-11(12)18(3)14(19)21)24(22,23)17-15(2)7-8-15/h5-6,9,17H,4,7-8H2,1-3H3,(H,16,20). The Bertz CT molecular complexity index is 983. The molecule has 2 N–H and O–H groups in total. The number of fused-ring (bicyclic) bond motifs is 1. The van der Waals surface area contributed by atoms with Crippen molar-refractivity contribution in [2.45, 2.75) is 37.1 Å². The van der Waals surface area contributed by atoms with Crippen molar-refractivity contribution in [3.63, 3.8) is 0 Å². The van der Waals surface area contributed by atoms with Gasteiger partial charge in [-0.25, -0.2) is 27.3 Å². The Balaban J connectivity index is 2.15. The monoisotopic (exact) mass is 352 g/mol. The van der Waals surface area contributed by atoms with Crippen LogP contribution in [0.3, 0.4) is 0 Å². The van der Waals surface area contributed by atoms with Crippen LogP contribution in [0.25, 0.3) is 11.0 Å². The molecule has 0 saturated heterocycles. The number of aryl methyl sites for hydroxylation is 1. The summed E-state index contributed by atoms with van der Waals surface area (Å²) in [5.74, 6) is 0. The second-order valence-corrected chi connectivity index (χ2v) is 8.01. The number of carbonyl (C=O) groups excluding carboxylic acids is 1. The summed E-state index contributed by atoms with van der Waals surface area (Å²) < 4.78 is 30.0.